The van der Waals surface area contributed by atoms with E-state index in [9.17, 15) is 4.79 Å². The quantitative estimate of drug-likeness (QED) is 0.338. The minimum atomic E-state index is -0.180. The molecule has 5 nitrogen and oxygen atoms in total. The maximum atomic E-state index is 13.8. The molecular formula is C29H23N3O2. The summed E-state index contributed by atoms with van der Waals surface area (Å²) in [5, 5.41) is 4.87. The van der Waals surface area contributed by atoms with Crippen LogP contribution in [0.4, 0.5) is 0 Å². The van der Waals surface area contributed by atoms with E-state index in [-0.39, 0.29) is 11.5 Å². The maximum absolute atomic E-state index is 13.8. The van der Waals surface area contributed by atoms with Gasteiger partial charge < -0.3 is 4.52 Å². The lowest BCUT2D eigenvalue weighted by Crippen LogP contribution is -2.27. The van der Waals surface area contributed by atoms with Gasteiger partial charge in [0.2, 0.25) is 0 Å². The molecule has 0 saturated carbocycles. The Morgan fingerprint density at radius 2 is 1.65 bits per heavy atom. The highest BCUT2D eigenvalue weighted by Crippen LogP contribution is 2.43. The molecule has 0 aliphatic heterocycles. The molecule has 34 heavy (non-hydrogen) atoms. The number of aryl methyl sites for hydroxylation is 2. The van der Waals surface area contributed by atoms with E-state index in [1.807, 2.05) is 80.6 Å². The number of nitrogens with zero attached hydrogens (tertiary/aromatic N) is 3. The zero-order chi connectivity index (χ0) is 23.2. The van der Waals surface area contributed by atoms with Gasteiger partial charge in [-0.2, -0.15) is 0 Å². The summed E-state index contributed by atoms with van der Waals surface area (Å²) in [6, 6.07) is 25.8. The van der Waals surface area contributed by atoms with E-state index >= 15 is 0 Å². The van der Waals surface area contributed by atoms with Crippen LogP contribution in [0.2, 0.25) is 0 Å². The number of hydrogen-bond acceptors (Lipinski definition) is 4. The molecule has 1 aliphatic carbocycles. The van der Waals surface area contributed by atoms with Crippen LogP contribution in [-0.2, 0) is 0 Å². The fourth-order valence-electron chi connectivity index (χ4n) is 4.86. The highest BCUT2D eigenvalue weighted by Gasteiger charge is 2.33. The summed E-state index contributed by atoms with van der Waals surface area (Å²) in [5.74, 6) is 1.24. The van der Waals surface area contributed by atoms with Crippen molar-refractivity contribution in [3.8, 4) is 5.69 Å². The third-order valence-electron chi connectivity index (χ3n) is 6.56. The molecular weight excluding hydrogens is 422 g/mol. The Labute approximate surface area is 197 Å². The molecule has 0 radical (unpaired) electrons. The van der Waals surface area contributed by atoms with E-state index in [4.69, 9.17) is 9.51 Å². The fourth-order valence-corrected chi connectivity index (χ4v) is 4.86. The largest absolute Gasteiger partial charge is 0.356 e. The molecule has 0 spiro atoms. The van der Waals surface area contributed by atoms with Crippen molar-refractivity contribution in [3.63, 3.8) is 0 Å². The van der Waals surface area contributed by atoms with Crippen molar-refractivity contribution in [2.45, 2.75) is 26.2 Å². The smallest absolute Gasteiger partial charge is 0.265 e. The highest BCUT2D eigenvalue weighted by atomic mass is 16.5. The Morgan fingerprint density at radius 3 is 2.44 bits per heavy atom. The summed E-state index contributed by atoms with van der Waals surface area (Å²) in [5.41, 5.74) is 6.62. The molecule has 1 atom stereocenters. The van der Waals surface area contributed by atoms with Gasteiger partial charge in [-0.15, -0.1) is 0 Å². The SMILES string of the molecule is Cc1ccc(-n2c(C3CC(c4ccccc4)=Cc4onc(C)c43)nc3ccccc3c2=O)cc1. The Morgan fingerprint density at radius 1 is 0.912 bits per heavy atom. The van der Waals surface area contributed by atoms with E-state index in [1.165, 1.54) is 0 Å². The van der Waals surface area contributed by atoms with E-state index in [1.54, 1.807) is 4.57 Å². The average molecular weight is 446 g/mol. The number of rotatable bonds is 3. The second kappa shape index (κ2) is 7.96. The van der Waals surface area contributed by atoms with E-state index in [0.29, 0.717) is 23.1 Å². The Bertz CT molecular complexity index is 1610. The molecule has 0 saturated heterocycles. The van der Waals surface area contributed by atoms with Gasteiger partial charge in [-0.05, 0) is 61.7 Å². The standard InChI is InChI=1S/C29H23N3O2/c1-18-12-14-22(15-13-18)32-28(30-25-11-7-6-10-23(25)29(32)33)24-16-21(20-8-4-3-5-9-20)17-26-27(24)19(2)31-34-26/h3-15,17,24H,16H2,1-2H3. The van der Waals surface area contributed by atoms with Crippen molar-refractivity contribution in [2.75, 3.05) is 0 Å². The molecule has 5 aromatic rings. The van der Waals surface area contributed by atoms with Crippen LogP contribution in [0.25, 0.3) is 28.2 Å². The summed E-state index contributed by atoms with van der Waals surface area (Å²) in [7, 11) is 0. The van der Waals surface area contributed by atoms with Crippen molar-refractivity contribution in [3.05, 3.63) is 123 Å². The number of hydrogen-bond donors (Lipinski definition) is 0. The minimum Gasteiger partial charge on any atom is -0.356 e. The Hall–Kier alpha value is -4.25. The molecule has 2 heterocycles. The molecule has 166 valence electrons. The average Bonchev–Trinajstić information content (AvgIpc) is 3.25. The molecule has 0 bridgehead atoms. The molecule has 2 aromatic heterocycles. The van der Waals surface area contributed by atoms with Crippen LogP contribution in [0.5, 0.6) is 0 Å². The van der Waals surface area contributed by atoms with Crippen LogP contribution in [0.15, 0.2) is 88.2 Å². The molecule has 0 fully saturated rings. The second-order valence-electron chi connectivity index (χ2n) is 8.80. The van der Waals surface area contributed by atoms with Crippen molar-refractivity contribution in [1.82, 2.24) is 14.7 Å². The van der Waals surface area contributed by atoms with E-state index in [2.05, 4.69) is 23.4 Å². The van der Waals surface area contributed by atoms with Gasteiger partial charge in [-0.3, -0.25) is 9.36 Å². The first-order chi connectivity index (χ1) is 16.6. The number of fused-ring (bicyclic) bond motifs is 2. The van der Waals surface area contributed by atoms with Crippen LogP contribution in [0.1, 0.15) is 46.3 Å². The number of benzene rings is 3. The van der Waals surface area contributed by atoms with Crippen molar-refractivity contribution in [2.24, 2.45) is 0 Å². The third-order valence-corrected chi connectivity index (χ3v) is 6.56. The predicted molar refractivity (Wildman–Crippen MR) is 134 cm³/mol. The third kappa shape index (κ3) is 3.28. The lowest BCUT2D eigenvalue weighted by Gasteiger charge is -2.25. The van der Waals surface area contributed by atoms with Gasteiger partial charge in [-0.1, -0.05) is 65.3 Å². The first kappa shape index (κ1) is 20.4. The highest BCUT2D eigenvalue weighted by molar-refractivity contribution is 5.85. The maximum Gasteiger partial charge on any atom is 0.265 e. The lowest BCUT2D eigenvalue weighted by atomic mass is 9.82. The molecule has 0 N–H and O–H groups in total. The number of aromatic nitrogens is 3. The van der Waals surface area contributed by atoms with Gasteiger partial charge in [0.1, 0.15) is 5.82 Å². The second-order valence-corrected chi connectivity index (χ2v) is 8.80. The van der Waals surface area contributed by atoms with Crippen molar-refractivity contribution >= 4 is 22.6 Å². The minimum absolute atomic E-state index is 0.0732. The first-order valence-corrected chi connectivity index (χ1v) is 11.4. The molecule has 1 unspecified atom stereocenters. The fraction of sp³-hybridized carbons (Fsp3) is 0.138. The summed E-state index contributed by atoms with van der Waals surface area (Å²) < 4.78 is 7.49. The number of para-hydroxylation sites is 1. The summed E-state index contributed by atoms with van der Waals surface area (Å²) >= 11 is 0. The summed E-state index contributed by atoms with van der Waals surface area (Å²) in [6.07, 6.45) is 2.76. The first-order valence-electron chi connectivity index (χ1n) is 11.4. The van der Waals surface area contributed by atoms with Gasteiger partial charge in [0.15, 0.2) is 5.76 Å². The van der Waals surface area contributed by atoms with Crippen LogP contribution in [-0.4, -0.2) is 14.7 Å². The number of allylic oxidation sites excluding steroid dienone is 1. The van der Waals surface area contributed by atoms with Crippen molar-refractivity contribution < 1.29 is 4.52 Å². The summed E-state index contributed by atoms with van der Waals surface area (Å²) in [4.78, 5) is 18.9. The predicted octanol–water partition coefficient (Wildman–Crippen LogP) is 6.07. The molecule has 1 aliphatic rings. The lowest BCUT2D eigenvalue weighted by molar-refractivity contribution is 0.406. The zero-order valence-corrected chi connectivity index (χ0v) is 19.0. The monoisotopic (exact) mass is 445 g/mol. The van der Waals surface area contributed by atoms with Crippen LogP contribution < -0.4 is 5.56 Å². The molecule has 6 rings (SSSR count). The van der Waals surface area contributed by atoms with E-state index in [0.717, 1.165) is 39.4 Å². The van der Waals surface area contributed by atoms with Gasteiger partial charge >= 0.3 is 0 Å². The Balaban J connectivity index is 1.63. The molecule has 3 aromatic carbocycles. The van der Waals surface area contributed by atoms with E-state index < -0.39 is 0 Å². The normalized spacial score (nSPS) is 15.2. The summed E-state index contributed by atoms with van der Waals surface area (Å²) in [6.45, 7) is 3.99. The van der Waals surface area contributed by atoms with Gasteiger partial charge in [0, 0.05) is 5.56 Å². The van der Waals surface area contributed by atoms with Gasteiger partial charge in [0.25, 0.3) is 5.56 Å². The van der Waals surface area contributed by atoms with Crippen LogP contribution in [0.3, 0.4) is 0 Å². The molecule has 0 amide bonds. The van der Waals surface area contributed by atoms with Crippen LogP contribution in [0, 0.1) is 13.8 Å². The Kier molecular flexibility index (Phi) is 4.77. The zero-order valence-electron chi connectivity index (χ0n) is 19.0. The van der Waals surface area contributed by atoms with Gasteiger partial charge in [0.05, 0.1) is 28.2 Å². The molecule has 5 heteroatoms. The topological polar surface area (TPSA) is 60.9 Å². The van der Waals surface area contributed by atoms with Gasteiger partial charge in [-0.25, -0.2) is 4.98 Å². The van der Waals surface area contributed by atoms with Crippen LogP contribution >= 0.6 is 0 Å². The van der Waals surface area contributed by atoms with Crippen molar-refractivity contribution in [1.29, 1.82) is 0 Å².